The van der Waals surface area contributed by atoms with Gasteiger partial charge in [0, 0.05) is 48.3 Å². The standard InChI is InChI=1S/C31H28F4N4O2/c1-3-22(40)17-27-23-9-5-10-25(32)29(23)36-30(39(27)20-8-4-7-19(15-20)31(33,34)35)37-13-14-38-21(18-37)16-24-26(38)11-6-12-28(24)41-2/h4-12,15-16,27H,3,13-14,17-18H2,1-2H3. The molecule has 3 aromatic carbocycles. The molecule has 0 N–H and O–H groups in total. The van der Waals surface area contributed by atoms with Gasteiger partial charge in [-0.05, 0) is 42.5 Å². The number of hydrogen-bond donors (Lipinski definition) is 0. The van der Waals surface area contributed by atoms with E-state index in [4.69, 9.17) is 9.73 Å². The first-order valence-corrected chi connectivity index (χ1v) is 13.4. The van der Waals surface area contributed by atoms with Crippen LogP contribution in [0.5, 0.6) is 5.75 Å². The van der Waals surface area contributed by atoms with Crippen LogP contribution in [0.3, 0.4) is 0 Å². The van der Waals surface area contributed by atoms with Gasteiger partial charge in [-0.15, -0.1) is 0 Å². The van der Waals surface area contributed by atoms with Gasteiger partial charge < -0.3 is 19.1 Å². The minimum atomic E-state index is -4.56. The number of alkyl halides is 3. The van der Waals surface area contributed by atoms with Gasteiger partial charge in [-0.3, -0.25) is 4.79 Å². The van der Waals surface area contributed by atoms with E-state index in [9.17, 15) is 18.0 Å². The number of halogens is 4. The third-order valence-corrected chi connectivity index (χ3v) is 7.82. The second kappa shape index (κ2) is 10.2. The van der Waals surface area contributed by atoms with Crippen LogP contribution in [0.2, 0.25) is 0 Å². The van der Waals surface area contributed by atoms with Crippen LogP contribution in [-0.4, -0.2) is 34.9 Å². The maximum absolute atomic E-state index is 15.2. The number of rotatable bonds is 5. The van der Waals surface area contributed by atoms with Crippen molar-refractivity contribution in [2.24, 2.45) is 4.99 Å². The molecule has 4 aromatic rings. The van der Waals surface area contributed by atoms with E-state index in [0.29, 0.717) is 31.2 Å². The molecule has 2 aliphatic rings. The highest BCUT2D eigenvalue weighted by atomic mass is 19.4. The average molecular weight is 565 g/mol. The van der Waals surface area contributed by atoms with Crippen molar-refractivity contribution >= 4 is 34.0 Å². The van der Waals surface area contributed by atoms with Crippen LogP contribution in [-0.2, 0) is 24.1 Å². The molecule has 41 heavy (non-hydrogen) atoms. The van der Waals surface area contributed by atoms with E-state index in [-0.39, 0.29) is 30.0 Å². The zero-order valence-corrected chi connectivity index (χ0v) is 22.6. The molecule has 0 bridgehead atoms. The fraction of sp³-hybridized carbons (Fsp3) is 0.290. The summed E-state index contributed by atoms with van der Waals surface area (Å²) >= 11 is 0. The Bertz CT molecular complexity index is 1680. The Morgan fingerprint density at radius 3 is 2.59 bits per heavy atom. The maximum Gasteiger partial charge on any atom is 0.416 e. The first kappa shape index (κ1) is 26.9. The van der Waals surface area contributed by atoms with Gasteiger partial charge in [0.15, 0.2) is 0 Å². The number of aliphatic imine (C=N–C) groups is 1. The molecule has 0 saturated heterocycles. The lowest BCUT2D eigenvalue weighted by Crippen LogP contribution is -2.50. The zero-order valence-electron chi connectivity index (χ0n) is 22.6. The van der Waals surface area contributed by atoms with Crippen molar-refractivity contribution in [3.05, 3.63) is 89.4 Å². The van der Waals surface area contributed by atoms with Crippen LogP contribution in [0.25, 0.3) is 10.9 Å². The quantitative estimate of drug-likeness (QED) is 0.240. The predicted molar refractivity (Wildman–Crippen MR) is 149 cm³/mol. The number of fused-ring (bicyclic) bond motifs is 4. The number of aromatic nitrogens is 1. The summed E-state index contributed by atoms with van der Waals surface area (Å²) in [5.41, 5.74) is 1.96. The van der Waals surface area contributed by atoms with Crippen LogP contribution < -0.4 is 9.64 Å². The van der Waals surface area contributed by atoms with Gasteiger partial charge in [0.25, 0.3) is 0 Å². The molecule has 0 saturated carbocycles. The largest absolute Gasteiger partial charge is 0.496 e. The number of nitrogens with zero attached hydrogens (tertiary/aromatic N) is 4. The first-order valence-electron chi connectivity index (χ1n) is 13.4. The minimum Gasteiger partial charge on any atom is -0.496 e. The summed E-state index contributed by atoms with van der Waals surface area (Å²) in [6, 6.07) is 16.6. The third-order valence-electron chi connectivity index (χ3n) is 7.82. The number of guanidine groups is 1. The number of para-hydroxylation sites is 1. The van der Waals surface area contributed by atoms with Gasteiger partial charge in [0.1, 0.15) is 23.0 Å². The molecular formula is C31H28F4N4O2. The number of anilines is 1. The summed E-state index contributed by atoms with van der Waals surface area (Å²) in [4.78, 5) is 21.2. The molecular weight excluding hydrogens is 536 g/mol. The lowest BCUT2D eigenvalue weighted by Gasteiger charge is -2.43. The SMILES string of the molecule is CCC(=O)CC1c2cccc(F)c2N=C(N2CCn3c(cc4c(OC)cccc43)C2)N1c1cccc(C(F)(F)F)c1. The van der Waals surface area contributed by atoms with E-state index in [1.165, 1.54) is 18.2 Å². The molecule has 1 atom stereocenters. The van der Waals surface area contributed by atoms with Gasteiger partial charge in [-0.2, -0.15) is 13.2 Å². The molecule has 6 nitrogen and oxygen atoms in total. The third kappa shape index (κ3) is 4.71. The van der Waals surface area contributed by atoms with Crippen molar-refractivity contribution < 1.29 is 27.1 Å². The summed E-state index contributed by atoms with van der Waals surface area (Å²) in [5.74, 6) is 0.410. The highest BCUT2D eigenvalue weighted by Crippen LogP contribution is 2.44. The Kier molecular flexibility index (Phi) is 6.71. The topological polar surface area (TPSA) is 50.1 Å². The van der Waals surface area contributed by atoms with Crippen molar-refractivity contribution in [1.82, 2.24) is 9.47 Å². The van der Waals surface area contributed by atoms with Crippen LogP contribution >= 0.6 is 0 Å². The van der Waals surface area contributed by atoms with E-state index in [0.717, 1.165) is 34.5 Å². The monoisotopic (exact) mass is 564 g/mol. The number of benzene rings is 3. The number of hydrogen-bond acceptors (Lipinski definition) is 5. The van der Waals surface area contributed by atoms with E-state index in [2.05, 4.69) is 4.57 Å². The van der Waals surface area contributed by atoms with Crippen molar-refractivity contribution in [3.63, 3.8) is 0 Å². The summed E-state index contributed by atoms with van der Waals surface area (Å²) in [6.45, 7) is 3.16. The van der Waals surface area contributed by atoms with E-state index in [1.54, 1.807) is 31.1 Å². The van der Waals surface area contributed by atoms with Crippen molar-refractivity contribution in [3.8, 4) is 5.75 Å². The Morgan fingerprint density at radius 2 is 1.83 bits per heavy atom. The normalized spacial score (nSPS) is 16.8. The number of ketones is 1. The van der Waals surface area contributed by atoms with Gasteiger partial charge in [-0.1, -0.05) is 31.2 Å². The number of Topliss-reactive ketones (excluding diaryl/α,β-unsaturated/α-hetero) is 1. The Labute approximate surface area is 234 Å². The molecule has 212 valence electrons. The van der Waals surface area contributed by atoms with E-state index < -0.39 is 23.6 Å². The fourth-order valence-electron chi connectivity index (χ4n) is 5.81. The van der Waals surface area contributed by atoms with Crippen molar-refractivity contribution in [2.45, 2.75) is 45.1 Å². The summed E-state index contributed by atoms with van der Waals surface area (Å²) in [5, 5.41) is 0.954. The average Bonchev–Trinajstić information content (AvgIpc) is 3.35. The van der Waals surface area contributed by atoms with Crippen LogP contribution in [0, 0.1) is 5.82 Å². The lowest BCUT2D eigenvalue weighted by atomic mass is 9.94. The van der Waals surface area contributed by atoms with E-state index >= 15 is 4.39 Å². The molecule has 6 rings (SSSR count). The van der Waals surface area contributed by atoms with E-state index in [1.807, 2.05) is 29.2 Å². The minimum absolute atomic E-state index is 0.00643. The first-order chi connectivity index (χ1) is 19.7. The molecule has 3 heterocycles. The highest BCUT2D eigenvalue weighted by molar-refractivity contribution is 6.01. The summed E-state index contributed by atoms with van der Waals surface area (Å²) < 4.78 is 64.3. The molecule has 1 aromatic heterocycles. The Balaban J connectivity index is 1.51. The van der Waals surface area contributed by atoms with Gasteiger partial charge in [-0.25, -0.2) is 9.38 Å². The fourth-order valence-corrected chi connectivity index (χ4v) is 5.81. The van der Waals surface area contributed by atoms with Crippen LogP contribution in [0.4, 0.5) is 28.9 Å². The zero-order chi connectivity index (χ0) is 28.9. The van der Waals surface area contributed by atoms with Crippen LogP contribution in [0.15, 0.2) is 71.7 Å². The number of carbonyl (C=O) groups excluding carboxylic acids is 1. The number of carbonyl (C=O) groups is 1. The Hall–Kier alpha value is -4.34. The van der Waals surface area contributed by atoms with Gasteiger partial charge >= 0.3 is 6.18 Å². The van der Waals surface area contributed by atoms with Gasteiger partial charge in [0.2, 0.25) is 5.96 Å². The highest BCUT2D eigenvalue weighted by Gasteiger charge is 2.39. The molecule has 0 fully saturated rings. The summed E-state index contributed by atoms with van der Waals surface area (Å²) in [7, 11) is 1.62. The maximum atomic E-state index is 15.2. The molecule has 0 amide bonds. The van der Waals surface area contributed by atoms with Crippen LogP contribution in [0.1, 0.15) is 42.6 Å². The smallest absolute Gasteiger partial charge is 0.416 e. The predicted octanol–water partition coefficient (Wildman–Crippen LogP) is 7.24. The molecule has 10 heteroatoms. The van der Waals surface area contributed by atoms with Gasteiger partial charge in [0.05, 0.1) is 30.8 Å². The second-order valence-corrected chi connectivity index (χ2v) is 10.2. The summed E-state index contributed by atoms with van der Waals surface area (Å²) in [6.07, 6.45) is -4.32. The Morgan fingerprint density at radius 1 is 1.05 bits per heavy atom. The molecule has 0 spiro atoms. The second-order valence-electron chi connectivity index (χ2n) is 10.2. The molecule has 0 radical (unpaired) electrons. The molecule has 1 unspecified atom stereocenters. The number of methoxy groups -OCH3 is 1. The number of ether oxygens (including phenoxy) is 1. The lowest BCUT2D eigenvalue weighted by molar-refractivity contribution is -0.137. The molecule has 2 aliphatic heterocycles. The van der Waals surface area contributed by atoms with Crippen molar-refractivity contribution in [2.75, 3.05) is 18.6 Å². The molecule has 0 aliphatic carbocycles. The van der Waals surface area contributed by atoms with Crippen molar-refractivity contribution in [1.29, 1.82) is 0 Å².